The molecule has 1 aromatic carbocycles. The van der Waals surface area contributed by atoms with Gasteiger partial charge >= 0.3 is 0 Å². The van der Waals surface area contributed by atoms with Gasteiger partial charge in [-0.1, -0.05) is 13.8 Å². The van der Waals surface area contributed by atoms with Crippen molar-refractivity contribution in [2.24, 2.45) is 0 Å². The largest absolute Gasteiger partial charge is 0.132 e. The SMILES string of the molecule is CCC[C+](CCC)c1cccc(C)c1. The summed E-state index contributed by atoms with van der Waals surface area (Å²) in [5, 5.41) is 0. The van der Waals surface area contributed by atoms with E-state index in [-0.39, 0.29) is 0 Å². The molecule has 0 aliphatic carbocycles. The molecule has 0 amide bonds. The smallest absolute Gasteiger partial charge is 0.0640 e. The van der Waals surface area contributed by atoms with Crippen LogP contribution in [-0.2, 0) is 0 Å². The van der Waals surface area contributed by atoms with Crippen molar-refractivity contribution in [3.05, 3.63) is 41.3 Å². The van der Waals surface area contributed by atoms with Gasteiger partial charge in [0.2, 0.25) is 0 Å². The van der Waals surface area contributed by atoms with Crippen molar-refractivity contribution in [1.82, 2.24) is 0 Å². The highest BCUT2D eigenvalue weighted by Gasteiger charge is 2.16. The first-order chi connectivity index (χ1) is 6.77. The van der Waals surface area contributed by atoms with Gasteiger partial charge in [-0.15, -0.1) is 0 Å². The van der Waals surface area contributed by atoms with Crippen molar-refractivity contribution in [2.75, 3.05) is 0 Å². The molecule has 0 saturated carbocycles. The van der Waals surface area contributed by atoms with Crippen LogP contribution in [0.5, 0.6) is 0 Å². The fraction of sp³-hybridized carbons (Fsp3) is 0.500. The zero-order valence-electron chi connectivity index (χ0n) is 9.64. The molecule has 0 atom stereocenters. The van der Waals surface area contributed by atoms with Crippen LogP contribution < -0.4 is 0 Å². The van der Waals surface area contributed by atoms with Crippen molar-refractivity contribution in [3.8, 4) is 0 Å². The Morgan fingerprint density at radius 3 is 2.21 bits per heavy atom. The molecule has 0 N–H and O–H groups in total. The van der Waals surface area contributed by atoms with Gasteiger partial charge in [-0.25, -0.2) is 0 Å². The molecule has 0 radical (unpaired) electrons. The fourth-order valence-electron chi connectivity index (χ4n) is 1.88. The Morgan fingerprint density at radius 2 is 1.71 bits per heavy atom. The number of hydrogen-bond acceptors (Lipinski definition) is 0. The van der Waals surface area contributed by atoms with E-state index in [0.717, 1.165) is 0 Å². The summed E-state index contributed by atoms with van der Waals surface area (Å²) in [6, 6.07) is 8.88. The molecule has 0 nitrogen and oxygen atoms in total. The maximum Gasteiger partial charge on any atom is 0.132 e. The zero-order chi connectivity index (χ0) is 10.4. The molecule has 0 unspecified atom stereocenters. The number of aryl methyl sites for hydroxylation is 1. The first-order valence-electron chi connectivity index (χ1n) is 5.69. The van der Waals surface area contributed by atoms with E-state index in [9.17, 15) is 0 Å². The van der Waals surface area contributed by atoms with Crippen LogP contribution in [0.1, 0.15) is 50.7 Å². The molecule has 0 saturated heterocycles. The molecular weight excluding hydrogens is 168 g/mol. The summed E-state index contributed by atoms with van der Waals surface area (Å²) in [5.74, 6) is 1.62. The zero-order valence-corrected chi connectivity index (χ0v) is 9.64. The average Bonchev–Trinajstić information content (AvgIpc) is 2.17. The summed E-state index contributed by atoms with van der Waals surface area (Å²) >= 11 is 0. The van der Waals surface area contributed by atoms with Crippen molar-refractivity contribution >= 4 is 0 Å². The third-order valence-electron chi connectivity index (χ3n) is 2.53. The first kappa shape index (κ1) is 11.2. The van der Waals surface area contributed by atoms with E-state index in [4.69, 9.17) is 0 Å². The summed E-state index contributed by atoms with van der Waals surface area (Å²) < 4.78 is 0. The summed E-state index contributed by atoms with van der Waals surface area (Å²) in [4.78, 5) is 0. The Balaban J connectivity index is 2.75. The van der Waals surface area contributed by atoms with Gasteiger partial charge in [0.05, 0.1) is 0 Å². The Hall–Kier alpha value is -0.910. The predicted molar refractivity (Wildman–Crippen MR) is 63.3 cm³/mol. The highest BCUT2D eigenvalue weighted by atomic mass is 14.1. The topological polar surface area (TPSA) is 0 Å². The molecule has 0 spiro atoms. The summed E-state index contributed by atoms with van der Waals surface area (Å²) in [6.07, 6.45) is 5.00. The lowest BCUT2D eigenvalue weighted by molar-refractivity contribution is 0.720. The van der Waals surface area contributed by atoms with Crippen LogP contribution in [0.4, 0.5) is 0 Å². The molecule has 14 heavy (non-hydrogen) atoms. The van der Waals surface area contributed by atoms with Gasteiger partial charge in [-0.05, 0) is 31.9 Å². The van der Waals surface area contributed by atoms with E-state index < -0.39 is 0 Å². The molecule has 0 heteroatoms. The van der Waals surface area contributed by atoms with E-state index in [1.54, 1.807) is 5.92 Å². The summed E-state index contributed by atoms with van der Waals surface area (Å²) in [7, 11) is 0. The third-order valence-corrected chi connectivity index (χ3v) is 2.53. The van der Waals surface area contributed by atoms with Crippen molar-refractivity contribution in [3.63, 3.8) is 0 Å². The van der Waals surface area contributed by atoms with Crippen LogP contribution in [0, 0.1) is 12.8 Å². The minimum atomic E-state index is 1.25. The second-order valence-electron chi connectivity index (χ2n) is 3.97. The van der Waals surface area contributed by atoms with Gasteiger partial charge in [0.1, 0.15) is 5.56 Å². The molecule has 1 aromatic rings. The van der Waals surface area contributed by atoms with Crippen molar-refractivity contribution in [1.29, 1.82) is 0 Å². The maximum atomic E-state index is 2.31. The highest BCUT2D eigenvalue weighted by molar-refractivity contribution is 5.33. The van der Waals surface area contributed by atoms with E-state index in [1.807, 2.05) is 0 Å². The molecular formula is C14H21+. The van der Waals surface area contributed by atoms with Gasteiger partial charge in [0.15, 0.2) is 0 Å². The van der Waals surface area contributed by atoms with Crippen LogP contribution in [0.15, 0.2) is 24.3 Å². The highest BCUT2D eigenvalue weighted by Crippen LogP contribution is 2.25. The third kappa shape index (κ3) is 3.10. The minimum absolute atomic E-state index is 1.25. The number of hydrogen-bond donors (Lipinski definition) is 0. The van der Waals surface area contributed by atoms with Crippen LogP contribution in [0.25, 0.3) is 0 Å². The lowest BCUT2D eigenvalue weighted by atomic mass is 9.90. The predicted octanol–water partition coefficient (Wildman–Crippen LogP) is 4.52. The maximum absolute atomic E-state index is 2.31. The first-order valence-corrected chi connectivity index (χ1v) is 5.69. The molecule has 76 valence electrons. The lowest BCUT2D eigenvalue weighted by Crippen LogP contribution is -1.99. The molecule has 1 rings (SSSR count). The normalized spacial score (nSPS) is 10.2. The van der Waals surface area contributed by atoms with Gasteiger partial charge in [0.25, 0.3) is 0 Å². The number of rotatable bonds is 5. The van der Waals surface area contributed by atoms with E-state index in [1.165, 1.54) is 36.8 Å². The monoisotopic (exact) mass is 189 g/mol. The Labute approximate surface area is 88.4 Å². The molecule has 0 heterocycles. The van der Waals surface area contributed by atoms with Crippen molar-refractivity contribution < 1.29 is 0 Å². The van der Waals surface area contributed by atoms with E-state index in [2.05, 4.69) is 45.0 Å². The Morgan fingerprint density at radius 1 is 1.07 bits per heavy atom. The van der Waals surface area contributed by atoms with Crippen LogP contribution >= 0.6 is 0 Å². The standard InChI is InChI=1S/C14H21/c1-4-7-13(8-5-2)14-10-6-9-12(3)11-14/h6,9-11H,4-5,7-8H2,1-3H3/q+1. The van der Waals surface area contributed by atoms with Gasteiger partial charge in [-0.3, -0.25) is 0 Å². The molecule has 0 aliphatic rings. The molecule has 0 aliphatic heterocycles. The summed E-state index contributed by atoms with van der Waals surface area (Å²) in [5.41, 5.74) is 2.82. The van der Waals surface area contributed by atoms with E-state index >= 15 is 0 Å². The molecule has 0 fully saturated rings. The van der Waals surface area contributed by atoms with Crippen molar-refractivity contribution in [2.45, 2.75) is 46.5 Å². The Bertz CT molecular complexity index is 256. The minimum Gasteiger partial charge on any atom is -0.0640 e. The molecule has 0 bridgehead atoms. The summed E-state index contributed by atoms with van der Waals surface area (Å²) in [6.45, 7) is 6.68. The van der Waals surface area contributed by atoms with Crippen LogP contribution in [0.3, 0.4) is 0 Å². The van der Waals surface area contributed by atoms with Gasteiger partial charge < -0.3 is 0 Å². The fourth-order valence-corrected chi connectivity index (χ4v) is 1.88. The van der Waals surface area contributed by atoms with E-state index in [0.29, 0.717) is 0 Å². The molecule has 0 aromatic heterocycles. The van der Waals surface area contributed by atoms with Gasteiger partial charge in [-0.2, -0.15) is 0 Å². The average molecular weight is 189 g/mol. The lowest BCUT2D eigenvalue weighted by Gasteiger charge is -2.08. The van der Waals surface area contributed by atoms with Crippen LogP contribution in [-0.4, -0.2) is 0 Å². The second kappa shape index (κ2) is 5.74. The Kier molecular flexibility index (Phi) is 4.58. The van der Waals surface area contributed by atoms with Crippen LogP contribution in [0.2, 0.25) is 0 Å². The van der Waals surface area contributed by atoms with Gasteiger partial charge in [0, 0.05) is 36.5 Å². The second-order valence-corrected chi connectivity index (χ2v) is 3.97. The quantitative estimate of drug-likeness (QED) is 0.597. The number of benzene rings is 1.